The molecule has 2 atom stereocenters. The third-order valence-corrected chi connectivity index (χ3v) is 7.75. The fourth-order valence-electron chi connectivity index (χ4n) is 5.81. The number of hydrogen-bond donors (Lipinski definition) is 1. The van der Waals surface area contributed by atoms with E-state index in [2.05, 4.69) is 10.2 Å². The predicted octanol–water partition coefficient (Wildman–Crippen LogP) is 6.09. The van der Waals surface area contributed by atoms with E-state index in [1.54, 1.807) is 29.2 Å². The molecule has 0 aromatic heterocycles. The highest BCUT2D eigenvalue weighted by Gasteiger charge is 2.41. The van der Waals surface area contributed by atoms with Crippen LogP contribution in [0.5, 0.6) is 0 Å². The summed E-state index contributed by atoms with van der Waals surface area (Å²) in [5.74, 6) is -0.619. The van der Waals surface area contributed by atoms with Crippen molar-refractivity contribution < 1.29 is 19.1 Å². The number of nitrogens with zero attached hydrogens (tertiary/aromatic N) is 2. The minimum Gasteiger partial charge on any atom is -0.461 e. The molecule has 0 spiro atoms. The van der Waals surface area contributed by atoms with Gasteiger partial charge < -0.3 is 19.9 Å². The van der Waals surface area contributed by atoms with E-state index in [0.29, 0.717) is 36.3 Å². The van der Waals surface area contributed by atoms with Gasteiger partial charge in [0.2, 0.25) is 0 Å². The summed E-state index contributed by atoms with van der Waals surface area (Å²) >= 11 is 0. The molecule has 0 radical (unpaired) electrons. The van der Waals surface area contributed by atoms with Crippen LogP contribution in [0.15, 0.2) is 97.1 Å². The van der Waals surface area contributed by atoms with Gasteiger partial charge in [0.05, 0.1) is 24.0 Å². The smallest absolute Gasteiger partial charge is 0.302 e. The first-order valence-electron chi connectivity index (χ1n) is 13.8. The van der Waals surface area contributed by atoms with Crippen LogP contribution in [0.4, 0.5) is 17.1 Å². The largest absolute Gasteiger partial charge is 0.461 e. The Hall–Kier alpha value is -4.91. The quantitative estimate of drug-likeness (QED) is 0.307. The second-order valence-electron chi connectivity index (χ2n) is 10.6. The summed E-state index contributed by atoms with van der Waals surface area (Å²) in [5.41, 5.74) is 6.50. The lowest BCUT2D eigenvalue weighted by Gasteiger charge is -2.40. The van der Waals surface area contributed by atoms with Crippen molar-refractivity contribution in [3.05, 3.63) is 114 Å². The molecule has 206 valence electrons. The Morgan fingerprint density at radius 1 is 0.805 bits per heavy atom. The number of nitrogens with one attached hydrogen (secondary N) is 1. The maximum atomic E-state index is 13.7. The third kappa shape index (κ3) is 5.31. The fraction of sp³-hybridized carbons (Fsp3) is 0.206. The molecule has 0 bridgehead atoms. The summed E-state index contributed by atoms with van der Waals surface area (Å²) < 4.78 is 5.49. The van der Waals surface area contributed by atoms with Crippen molar-refractivity contribution in [1.82, 2.24) is 0 Å². The molecule has 1 fully saturated rings. The van der Waals surface area contributed by atoms with Crippen molar-refractivity contribution in [1.29, 1.82) is 0 Å². The lowest BCUT2D eigenvalue weighted by atomic mass is 9.98. The Kier molecular flexibility index (Phi) is 7.01. The van der Waals surface area contributed by atoms with Gasteiger partial charge in [0.15, 0.2) is 0 Å². The number of esters is 1. The Bertz CT molecular complexity index is 1610. The number of ether oxygens (including phenoxy) is 1. The molecule has 7 nitrogen and oxygen atoms in total. The van der Waals surface area contributed by atoms with Crippen molar-refractivity contribution in [3.63, 3.8) is 0 Å². The zero-order valence-electron chi connectivity index (χ0n) is 23.0. The highest BCUT2D eigenvalue weighted by atomic mass is 16.5. The number of carbonyl (C=O) groups excluding carboxylic acids is 3. The van der Waals surface area contributed by atoms with Crippen LogP contribution in [0.3, 0.4) is 0 Å². The van der Waals surface area contributed by atoms with Crippen LogP contribution in [-0.2, 0) is 9.53 Å². The summed E-state index contributed by atoms with van der Waals surface area (Å²) in [5, 5.41) is 2.98. The first-order chi connectivity index (χ1) is 19.9. The summed E-state index contributed by atoms with van der Waals surface area (Å²) in [6, 6.07) is 30.5. The van der Waals surface area contributed by atoms with Gasteiger partial charge in [-0.15, -0.1) is 0 Å². The van der Waals surface area contributed by atoms with E-state index in [-0.39, 0.29) is 29.9 Å². The van der Waals surface area contributed by atoms with Crippen molar-refractivity contribution in [2.75, 3.05) is 28.2 Å². The molecule has 1 N–H and O–H groups in total. The molecule has 7 heteroatoms. The third-order valence-electron chi connectivity index (χ3n) is 7.75. The van der Waals surface area contributed by atoms with Gasteiger partial charge in [0, 0.05) is 36.7 Å². The first kappa shape index (κ1) is 26.3. The van der Waals surface area contributed by atoms with E-state index in [1.807, 2.05) is 79.7 Å². The van der Waals surface area contributed by atoms with Gasteiger partial charge in [-0.25, -0.2) is 0 Å². The Morgan fingerprint density at radius 3 is 2.22 bits per heavy atom. The molecule has 41 heavy (non-hydrogen) atoms. The van der Waals surface area contributed by atoms with E-state index in [9.17, 15) is 14.4 Å². The molecule has 4 aromatic rings. The Morgan fingerprint density at radius 2 is 1.49 bits per heavy atom. The monoisotopic (exact) mass is 545 g/mol. The second-order valence-corrected chi connectivity index (χ2v) is 10.6. The lowest BCUT2D eigenvalue weighted by Crippen LogP contribution is -2.48. The van der Waals surface area contributed by atoms with Crippen LogP contribution in [0.1, 0.15) is 39.6 Å². The van der Waals surface area contributed by atoms with Gasteiger partial charge >= 0.3 is 5.97 Å². The molecule has 0 aliphatic carbocycles. The number of aryl methyl sites for hydroxylation is 1. The Balaban J connectivity index is 1.19. The van der Waals surface area contributed by atoms with Crippen molar-refractivity contribution in [2.45, 2.75) is 32.4 Å². The van der Waals surface area contributed by atoms with Gasteiger partial charge in [-0.1, -0.05) is 60.2 Å². The van der Waals surface area contributed by atoms with Gasteiger partial charge in [0.1, 0.15) is 6.10 Å². The minimum absolute atomic E-state index is 0.0605. The highest BCUT2D eigenvalue weighted by molar-refractivity contribution is 6.10. The molecule has 2 heterocycles. The standard InChI is InChI=1S/C34H31N3O4/c1-22-11-13-24(14-12-22)29-7-3-4-8-30(29)33(39)35-26-17-15-25(16-18-26)34(40)37-20-27-19-28(41-23(2)38)21-36(27)31-9-5-6-10-32(31)37/h3-18,27-28H,19-21H2,1-2H3,(H,35,39)/t27-,28+/m1/s1. The van der Waals surface area contributed by atoms with Crippen LogP contribution in [0.2, 0.25) is 0 Å². The molecular formula is C34H31N3O4. The van der Waals surface area contributed by atoms with Gasteiger partial charge in [-0.3, -0.25) is 14.4 Å². The van der Waals surface area contributed by atoms with Crippen molar-refractivity contribution in [2.24, 2.45) is 0 Å². The lowest BCUT2D eigenvalue weighted by molar-refractivity contribution is -0.145. The minimum atomic E-state index is -0.290. The van der Waals surface area contributed by atoms with Crippen LogP contribution in [0, 0.1) is 6.92 Å². The van der Waals surface area contributed by atoms with Crippen molar-refractivity contribution >= 4 is 34.8 Å². The number of rotatable bonds is 5. The molecule has 4 aromatic carbocycles. The van der Waals surface area contributed by atoms with E-state index < -0.39 is 0 Å². The van der Waals surface area contributed by atoms with Crippen LogP contribution >= 0.6 is 0 Å². The second kappa shape index (κ2) is 10.9. The van der Waals surface area contributed by atoms with E-state index >= 15 is 0 Å². The Labute approximate surface area is 239 Å². The van der Waals surface area contributed by atoms with E-state index in [4.69, 9.17) is 4.74 Å². The molecule has 0 unspecified atom stereocenters. The van der Waals surface area contributed by atoms with Crippen LogP contribution in [-0.4, -0.2) is 43.0 Å². The molecule has 0 saturated carbocycles. The number of anilines is 3. The maximum absolute atomic E-state index is 13.7. The van der Waals surface area contributed by atoms with E-state index in [0.717, 1.165) is 28.1 Å². The number of amides is 2. The van der Waals surface area contributed by atoms with Crippen molar-refractivity contribution in [3.8, 4) is 11.1 Å². The molecule has 2 aliphatic heterocycles. The van der Waals surface area contributed by atoms with Gasteiger partial charge in [-0.2, -0.15) is 0 Å². The van der Waals surface area contributed by atoms with Crippen LogP contribution in [0.25, 0.3) is 11.1 Å². The van der Waals surface area contributed by atoms with Gasteiger partial charge in [0.25, 0.3) is 11.8 Å². The molecule has 1 saturated heterocycles. The highest BCUT2D eigenvalue weighted by Crippen LogP contribution is 2.40. The predicted molar refractivity (Wildman–Crippen MR) is 160 cm³/mol. The number of benzene rings is 4. The fourth-order valence-corrected chi connectivity index (χ4v) is 5.81. The first-order valence-corrected chi connectivity index (χ1v) is 13.8. The number of hydrogen-bond acceptors (Lipinski definition) is 5. The number of carbonyl (C=O) groups is 3. The molecular weight excluding hydrogens is 514 g/mol. The summed E-state index contributed by atoms with van der Waals surface area (Å²) in [6.45, 7) is 4.58. The normalized spacial score (nSPS) is 17.4. The zero-order valence-corrected chi connectivity index (χ0v) is 23.0. The SMILES string of the molecule is CC(=O)O[C@H]1C[C@@H]2CN(C(=O)c3ccc(NC(=O)c4ccccc4-c4ccc(C)cc4)cc3)c3ccccc3N2C1. The van der Waals surface area contributed by atoms with E-state index in [1.165, 1.54) is 6.92 Å². The maximum Gasteiger partial charge on any atom is 0.302 e. The zero-order chi connectivity index (χ0) is 28.5. The average molecular weight is 546 g/mol. The summed E-state index contributed by atoms with van der Waals surface area (Å²) in [6.07, 6.45) is 0.479. The topological polar surface area (TPSA) is 79.0 Å². The molecule has 6 rings (SSSR count). The van der Waals surface area contributed by atoms with Crippen LogP contribution < -0.4 is 15.1 Å². The van der Waals surface area contributed by atoms with Gasteiger partial charge in [-0.05, 0) is 60.5 Å². The molecule has 2 amide bonds. The molecule has 2 aliphatic rings. The summed E-state index contributed by atoms with van der Waals surface area (Å²) in [4.78, 5) is 42.6. The summed E-state index contributed by atoms with van der Waals surface area (Å²) in [7, 11) is 0. The number of para-hydroxylation sites is 2. The number of fused-ring (bicyclic) bond motifs is 3. The average Bonchev–Trinajstić information content (AvgIpc) is 3.39.